The van der Waals surface area contributed by atoms with Crippen LogP contribution in [0, 0.1) is 0 Å². The molecule has 0 unspecified atom stereocenters. The Bertz CT molecular complexity index is 2350. The molecule has 0 spiro atoms. The van der Waals surface area contributed by atoms with Crippen LogP contribution in [-0.2, 0) is 30.4 Å². The first-order valence-corrected chi connectivity index (χ1v) is 22.0. The lowest BCUT2D eigenvalue weighted by Gasteiger charge is -2.40. The minimum absolute atomic E-state index is 0.00272. The number of aliphatic hydroxyl groups excluding tert-OH is 2. The van der Waals surface area contributed by atoms with Gasteiger partial charge in [0.15, 0.2) is 0 Å². The number of ether oxygens (including phenoxy) is 3. The first-order chi connectivity index (χ1) is 30.5. The van der Waals surface area contributed by atoms with E-state index >= 15 is 0 Å². The predicted octanol–water partition coefficient (Wildman–Crippen LogP) is 8.92. The van der Waals surface area contributed by atoms with Gasteiger partial charge in [0.2, 0.25) is 0 Å². The molecule has 0 saturated carbocycles. The van der Waals surface area contributed by atoms with Gasteiger partial charge in [0.05, 0.1) is 30.6 Å². The van der Waals surface area contributed by atoms with Gasteiger partial charge in [-0.05, 0) is 111 Å². The summed E-state index contributed by atoms with van der Waals surface area (Å²) in [4.78, 5) is 22.7. The third-order valence-electron chi connectivity index (χ3n) is 11.1. The highest BCUT2D eigenvalue weighted by Gasteiger charge is 2.35. The zero-order chi connectivity index (χ0) is 44.0. The van der Waals surface area contributed by atoms with Crippen LogP contribution in [0.4, 0.5) is 4.79 Å². The number of carbonyl (C=O) groups excluding carboxylic acids is 1. The van der Waals surface area contributed by atoms with Gasteiger partial charge in [0.1, 0.15) is 30.3 Å². The fourth-order valence-corrected chi connectivity index (χ4v) is 7.58. The second-order valence-corrected chi connectivity index (χ2v) is 17.5. The third-order valence-corrected chi connectivity index (χ3v) is 11.1. The van der Waals surface area contributed by atoms with Crippen molar-refractivity contribution in [2.75, 3.05) is 26.3 Å². The van der Waals surface area contributed by atoms with Crippen molar-refractivity contribution in [1.82, 2.24) is 20.2 Å². The molecular weight excluding hydrogens is 789 g/mol. The first-order valence-electron chi connectivity index (χ1n) is 22.0. The summed E-state index contributed by atoms with van der Waals surface area (Å²) < 4.78 is 17.3. The van der Waals surface area contributed by atoms with Crippen molar-refractivity contribution in [2.24, 2.45) is 0 Å². The highest BCUT2D eigenvalue weighted by molar-refractivity contribution is 5.69. The molecule has 2 aliphatic rings. The average Bonchev–Trinajstić information content (AvgIpc) is 3.23. The summed E-state index contributed by atoms with van der Waals surface area (Å²) in [5, 5.41) is 24.4. The number of likely N-dealkylation sites (tertiary alicyclic amines) is 1. The fraction of sp³-hybridized carbons (Fsp3) is 0.340. The lowest BCUT2D eigenvalue weighted by molar-refractivity contribution is -0.0141. The Kier molecular flexibility index (Phi) is 15.6. The normalized spacial score (nSPS) is 16.6. The quantitative estimate of drug-likeness (QED) is 0.0876. The molecule has 63 heavy (non-hydrogen) atoms. The number of rotatable bonds is 16. The van der Waals surface area contributed by atoms with E-state index in [4.69, 9.17) is 14.2 Å². The molecule has 0 radical (unpaired) electrons. The molecule has 8 rings (SSSR count). The molecule has 0 aliphatic carbocycles. The van der Waals surface area contributed by atoms with E-state index in [-0.39, 0.29) is 12.1 Å². The van der Waals surface area contributed by atoms with Crippen LogP contribution < -0.4 is 14.8 Å². The van der Waals surface area contributed by atoms with E-state index in [1.54, 1.807) is 17.3 Å². The van der Waals surface area contributed by atoms with Gasteiger partial charge in [-0.2, -0.15) is 0 Å². The van der Waals surface area contributed by atoms with Gasteiger partial charge in [0, 0.05) is 36.1 Å². The molecule has 2 aromatic heterocycles. The predicted molar refractivity (Wildman–Crippen MR) is 248 cm³/mol. The maximum atomic E-state index is 12.3. The molecule has 4 atom stereocenters. The molecule has 328 valence electrons. The number of pyridine rings is 2. The van der Waals surface area contributed by atoms with E-state index in [1.807, 2.05) is 118 Å². The van der Waals surface area contributed by atoms with Crippen LogP contribution in [0.1, 0.15) is 55.9 Å². The Morgan fingerprint density at radius 3 is 1.56 bits per heavy atom. The number of amides is 1. The SMILES string of the molecule is CC(C)(C)OC(=O)N1CC[C@H]1COc1cncc(-c2cccc(C[C@@H](O)Cc3ccccc3)c2)c1.O[C@@H](Cc1ccccc1)Cc1cccc(-c2cncc(OC[C@@H]3CCN3)c2)c1. The minimum atomic E-state index is -0.511. The fourth-order valence-electron chi connectivity index (χ4n) is 7.58. The Hall–Kier alpha value is -6.07. The van der Waals surface area contributed by atoms with Crippen LogP contribution in [0.25, 0.3) is 22.3 Å². The Labute approximate surface area is 371 Å². The smallest absolute Gasteiger partial charge is 0.410 e. The van der Waals surface area contributed by atoms with Crippen molar-refractivity contribution < 1.29 is 29.2 Å². The minimum Gasteiger partial charge on any atom is -0.490 e. The highest BCUT2D eigenvalue weighted by atomic mass is 16.6. The molecule has 2 aliphatic heterocycles. The Morgan fingerprint density at radius 2 is 1.11 bits per heavy atom. The van der Waals surface area contributed by atoms with Gasteiger partial charge >= 0.3 is 6.09 Å². The van der Waals surface area contributed by atoms with Crippen molar-refractivity contribution >= 4 is 6.09 Å². The molecule has 3 N–H and O–H groups in total. The molecule has 1 amide bonds. The number of benzene rings is 4. The van der Waals surface area contributed by atoms with E-state index < -0.39 is 17.8 Å². The summed E-state index contributed by atoms with van der Waals surface area (Å²) in [7, 11) is 0. The van der Waals surface area contributed by atoms with Gasteiger partial charge in [-0.15, -0.1) is 0 Å². The number of carbonyl (C=O) groups is 1. The molecule has 0 bridgehead atoms. The molecule has 4 heterocycles. The van der Waals surface area contributed by atoms with Crippen LogP contribution in [-0.4, -0.2) is 87.4 Å². The van der Waals surface area contributed by atoms with Crippen LogP contribution >= 0.6 is 0 Å². The van der Waals surface area contributed by atoms with Gasteiger partial charge in [-0.25, -0.2) is 4.79 Å². The summed E-state index contributed by atoms with van der Waals surface area (Å²) in [5.41, 5.74) is 8.03. The van der Waals surface area contributed by atoms with Crippen LogP contribution in [0.3, 0.4) is 0 Å². The Balaban J connectivity index is 0.000000193. The zero-order valence-corrected chi connectivity index (χ0v) is 36.6. The van der Waals surface area contributed by atoms with E-state index in [2.05, 4.69) is 51.7 Å². The number of aliphatic hydroxyl groups is 2. The van der Waals surface area contributed by atoms with Crippen LogP contribution in [0.5, 0.6) is 11.5 Å². The number of hydrogen-bond donors (Lipinski definition) is 3. The highest BCUT2D eigenvalue weighted by Crippen LogP contribution is 2.28. The summed E-state index contributed by atoms with van der Waals surface area (Å²) in [5.74, 6) is 1.45. The largest absolute Gasteiger partial charge is 0.490 e. The summed E-state index contributed by atoms with van der Waals surface area (Å²) >= 11 is 0. The standard InChI is InChI=1S/C29H34N2O4.C24H26N2O2/c1-29(2,3)35-28(33)31-13-12-25(31)20-34-27-17-24(18-30-19-27)23-11-7-10-22(14-23)16-26(32)15-21-8-5-4-6-9-21;27-23(12-18-5-2-1-3-6-18)13-19-7-4-8-20(11-19)21-14-24(16-25-15-21)28-17-22-9-10-26-22/h4-11,14,17-19,25-26,32H,12-13,15-16,20H2,1-3H3;1-8,11,14-16,22-23,26-27H,9-10,12-13,17H2/t25-,26-;22-,23-/m00/s1. The number of hydrogen-bond acceptors (Lipinski definition) is 9. The first kappa shape index (κ1) is 45.0. The lowest BCUT2D eigenvalue weighted by atomic mass is 9.98. The molecule has 6 aromatic rings. The van der Waals surface area contributed by atoms with E-state index in [1.165, 1.54) is 6.42 Å². The molecule has 4 aromatic carbocycles. The topological polar surface area (TPSA) is 126 Å². The number of nitrogens with zero attached hydrogens (tertiary/aromatic N) is 3. The van der Waals surface area contributed by atoms with Gasteiger partial charge in [-0.1, -0.05) is 109 Å². The van der Waals surface area contributed by atoms with Crippen molar-refractivity contribution in [3.05, 3.63) is 168 Å². The van der Waals surface area contributed by atoms with Crippen molar-refractivity contribution in [2.45, 2.75) is 89.2 Å². The summed E-state index contributed by atoms with van der Waals surface area (Å²) in [6.07, 6.45) is 10.5. The molecule has 10 nitrogen and oxygen atoms in total. The number of aromatic nitrogens is 2. The van der Waals surface area contributed by atoms with E-state index in [9.17, 15) is 15.0 Å². The maximum Gasteiger partial charge on any atom is 0.410 e. The monoisotopic (exact) mass is 848 g/mol. The summed E-state index contributed by atoms with van der Waals surface area (Å²) in [6, 6.07) is 41.0. The second kappa shape index (κ2) is 21.8. The van der Waals surface area contributed by atoms with Crippen LogP contribution in [0.2, 0.25) is 0 Å². The van der Waals surface area contributed by atoms with Gasteiger partial charge < -0.3 is 34.6 Å². The Morgan fingerprint density at radius 1 is 0.635 bits per heavy atom. The lowest BCUT2D eigenvalue weighted by Crippen LogP contribution is -2.55. The van der Waals surface area contributed by atoms with E-state index in [0.717, 1.165) is 63.2 Å². The van der Waals surface area contributed by atoms with Crippen molar-refractivity contribution in [1.29, 1.82) is 0 Å². The molecule has 2 fully saturated rings. The maximum absolute atomic E-state index is 12.3. The summed E-state index contributed by atoms with van der Waals surface area (Å²) in [6.45, 7) is 8.44. The van der Waals surface area contributed by atoms with Gasteiger partial charge in [-0.3, -0.25) is 9.97 Å². The van der Waals surface area contributed by atoms with Gasteiger partial charge in [0.25, 0.3) is 0 Å². The molecule has 10 heteroatoms. The second-order valence-electron chi connectivity index (χ2n) is 17.5. The van der Waals surface area contributed by atoms with Crippen molar-refractivity contribution in [3.8, 4) is 33.8 Å². The number of nitrogens with one attached hydrogen (secondary N) is 1. The molecule has 2 saturated heterocycles. The molecular formula is C53H60N4O6. The van der Waals surface area contributed by atoms with Crippen LogP contribution in [0.15, 0.2) is 146 Å². The average molecular weight is 849 g/mol. The zero-order valence-electron chi connectivity index (χ0n) is 36.6. The third kappa shape index (κ3) is 14.0. The van der Waals surface area contributed by atoms with Crippen molar-refractivity contribution in [3.63, 3.8) is 0 Å². The van der Waals surface area contributed by atoms with E-state index in [0.29, 0.717) is 57.2 Å².